The number of hydrogen-bond donors (Lipinski definition) is 16. The summed E-state index contributed by atoms with van der Waals surface area (Å²) in [6.45, 7) is 10.1. The van der Waals surface area contributed by atoms with Crippen LogP contribution in [0.2, 0.25) is 0 Å². The Bertz CT molecular complexity index is 5220. The average Bonchev–Trinajstić information content (AvgIpc) is 1.43. The minimum absolute atomic E-state index is 0.00536. The van der Waals surface area contributed by atoms with E-state index in [1.54, 1.807) is 120 Å². The van der Waals surface area contributed by atoms with E-state index >= 15 is 0 Å². The first-order valence-corrected chi connectivity index (χ1v) is 39.3. The highest BCUT2D eigenvalue weighted by Gasteiger charge is 2.33. The predicted octanol–water partition coefficient (Wildman–Crippen LogP) is 1.51. The summed E-state index contributed by atoms with van der Waals surface area (Å²) in [7, 11) is -12.5. The molecule has 6 amide bonds. The second kappa shape index (κ2) is 37.3. The SMILES string of the molecule is CC[C@H](NC(=O)CC[C@H](NC)C(=O)N[C@@H](CS(=O)(=O)O)C(=O)NCCCn1cc(C(=O)NCC(NS(=O)(=O)c2c(C)cc(C)cc2C)C(=O)O)c(=O)c2ccc(CNc3ncc[nH]3)cc21)C(=O)NCCCn1cc(C(=O)NCC(NS(=O)(=O)c2c(C)cc(C)cc2C)C(=O)O)c(=O)c2ccc(CNc3ncc[nH]3)cc21. The molecule has 0 bridgehead atoms. The molecule has 4 heterocycles. The van der Waals surface area contributed by atoms with Crippen LogP contribution in [0.5, 0.6) is 0 Å². The summed E-state index contributed by atoms with van der Waals surface area (Å²) >= 11 is 0. The second-order valence-electron chi connectivity index (χ2n) is 26.3. The highest BCUT2D eigenvalue weighted by molar-refractivity contribution is 7.90. The number of aryl methyl sites for hydroxylation is 8. The number of rotatable bonds is 40. The molecular formula is C71H89N17O19S3. The molecule has 0 aliphatic rings. The molecule has 36 nitrogen and oxygen atoms in total. The van der Waals surface area contributed by atoms with Crippen LogP contribution in [0.4, 0.5) is 11.9 Å². The maximum Gasteiger partial charge on any atom is 0.323 e. The molecule has 8 aromatic rings. The summed E-state index contributed by atoms with van der Waals surface area (Å²) in [6, 6.07) is 8.14. The summed E-state index contributed by atoms with van der Waals surface area (Å²) in [4.78, 5) is 149. The standard InChI is InChI=1S/C71H89N17O19S3/c1-9-51(65(94)73-18-10-24-87-36-49(59(90)47-14-12-45(30-56(47)87)32-81-70-75-20-21-76-70)63(92)79-34-53(68(97)98)85-109(104,105)61-41(4)26-39(2)27-42(61)5)83-58(89)17-16-52(72-8)67(96)84-55(38-108(101,102)103)66(95)74-19-11-25-88-37-50(60(91)48-15-13-46(31-57(48)88)33-82-71-77-22-23-78-71)64(93)80-35-54(69(99)100)86-110(106,107)62-43(6)28-40(3)29-44(62)7/h12-15,20-23,26-31,36-37,51-55,72,85-86H,9-11,16-19,24-25,32-35,38H2,1-8H3,(H,73,94)(H,74,95)(H,79,92)(H,80,93)(H,83,89)(H,84,96)(H,97,98)(H,99,100)(H2,75,76,81)(H2,77,78,82)(H,101,102,103)/t51-,52-,53?,54?,55-/m0/s1. The Hall–Kier alpha value is -11.2. The summed E-state index contributed by atoms with van der Waals surface area (Å²) < 4.78 is 96.1. The lowest BCUT2D eigenvalue weighted by Crippen LogP contribution is -2.55. The van der Waals surface area contributed by atoms with Crippen molar-refractivity contribution in [3.8, 4) is 0 Å². The minimum Gasteiger partial charge on any atom is -0.480 e. The van der Waals surface area contributed by atoms with E-state index in [0.717, 1.165) is 11.1 Å². The normalized spacial score (nSPS) is 13.1. The van der Waals surface area contributed by atoms with Crippen molar-refractivity contribution in [1.82, 2.24) is 75.7 Å². The zero-order valence-electron chi connectivity index (χ0n) is 61.4. The molecule has 110 heavy (non-hydrogen) atoms. The van der Waals surface area contributed by atoms with Crippen LogP contribution in [0.1, 0.15) is 104 Å². The zero-order chi connectivity index (χ0) is 80.5. The first-order chi connectivity index (χ1) is 52.0. The maximum absolute atomic E-state index is 14.1. The quantitative estimate of drug-likeness (QED) is 0.0191. The fourth-order valence-corrected chi connectivity index (χ4v) is 16.6. The van der Waals surface area contributed by atoms with Crippen LogP contribution in [0.25, 0.3) is 21.8 Å². The molecule has 0 fully saturated rings. The van der Waals surface area contributed by atoms with Crippen LogP contribution in [-0.4, -0.2) is 186 Å². The molecule has 4 aromatic heterocycles. The van der Waals surface area contributed by atoms with Crippen molar-refractivity contribution in [2.24, 2.45) is 0 Å². The summed E-state index contributed by atoms with van der Waals surface area (Å²) in [5.41, 5.74) is 2.71. The average molecular weight is 1580 g/mol. The molecule has 2 unspecified atom stereocenters. The first-order valence-electron chi connectivity index (χ1n) is 34.8. The van der Waals surface area contributed by atoms with Gasteiger partial charge in [0, 0.05) is 107 Å². The van der Waals surface area contributed by atoms with Gasteiger partial charge in [-0.05, 0) is 132 Å². The molecule has 0 saturated heterocycles. The zero-order valence-corrected chi connectivity index (χ0v) is 63.9. The molecule has 39 heteroatoms. The number of carboxylic acid groups (broad SMARTS) is 2. The number of carbonyl (C=O) groups is 8. The monoisotopic (exact) mass is 1580 g/mol. The van der Waals surface area contributed by atoms with Crippen LogP contribution in [0.15, 0.2) is 117 Å². The number of aromatic amines is 2. The van der Waals surface area contributed by atoms with Crippen LogP contribution in [0, 0.1) is 41.5 Å². The molecule has 16 N–H and O–H groups in total. The van der Waals surface area contributed by atoms with Gasteiger partial charge in [-0.15, -0.1) is 0 Å². The van der Waals surface area contributed by atoms with Crippen molar-refractivity contribution in [2.45, 2.75) is 147 Å². The van der Waals surface area contributed by atoms with E-state index < -0.39 is 149 Å². The van der Waals surface area contributed by atoms with Crippen molar-refractivity contribution >= 4 is 111 Å². The van der Waals surface area contributed by atoms with Gasteiger partial charge in [-0.25, -0.2) is 26.8 Å². The number of pyridine rings is 2. The van der Waals surface area contributed by atoms with Gasteiger partial charge in [0.2, 0.25) is 54.5 Å². The first kappa shape index (κ1) is 84.4. The van der Waals surface area contributed by atoms with Crippen LogP contribution in [0.3, 0.4) is 0 Å². The van der Waals surface area contributed by atoms with E-state index in [1.165, 1.54) is 42.3 Å². The largest absolute Gasteiger partial charge is 0.480 e. The Morgan fingerprint density at radius 3 is 1.33 bits per heavy atom. The molecule has 5 atom stereocenters. The van der Waals surface area contributed by atoms with Crippen LogP contribution >= 0.6 is 0 Å². The number of aromatic nitrogens is 6. The number of nitrogens with zero attached hydrogens (tertiary/aromatic N) is 4. The van der Waals surface area contributed by atoms with Crippen LogP contribution in [-0.2, 0) is 85.1 Å². The molecule has 4 aromatic carbocycles. The summed E-state index contributed by atoms with van der Waals surface area (Å²) in [5.74, 6) is -8.96. The number of nitrogens with one attached hydrogen (secondary N) is 13. The number of carboxylic acids is 2. The molecule has 0 saturated carbocycles. The number of anilines is 2. The van der Waals surface area contributed by atoms with E-state index in [2.05, 4.69) is 77.2 Å². The summed E-state index contributed by atoms with van der Waals surface area (Å²) in [5, 5.41) is 44.2. The molecule has 8 rings (SSSR count). The van der Waals surface area contributed by atoms with Crippen molar-refractivity contribution in [3.05, 3.63) is 174 Å². The van der Waals surface area contributed by atoms with Gasteiger partial charge in [-0.1, -0.05) is 54.4 Å². The number of amides is 6. The van der Waals surface area contributed by atoms with Crippen molar-refractivity contribution < 1.29 is 78.4 Å². The molecule has 0 aliphatic carbocycles. The molecule has 0 aliphatic heterocycles. The van der Waals surface area contributed by atoms with E-state index in [9.17, 15) is 88.0 Å². The van der Waals surface area contributed by atoms with Crippen LogP contribution < -0.4 is 68.2 Å². The second-order valence-corrected chi connectivity index (χ2v) is 31.1. The van der Waals surface area contributed by atoms with Gasteiger partial charge in [-0.3, -0.25) is 52.5 Å². The van der Waals surface area contributed by atoms with Crippen molar-refractivity contribution in [1.29, 1.82) is 0 Å². The number of benzene rings is 4. The Kier molecular flexibility index (Phi) is 28.6. The third-order valence-electron chi connectivity index (χ3n) is 17.7. The number of H-pyrrole nitrogens is 2. The van der Waals surface area contributed by atoms with Gasteiger partial charge >= 0.3 is 11.9 Å². The lowest BCUT2D eigenvalue weighted by molar-refractivity contribution is -0.139. The Labute approximate surface area is 632 Å². The minimum atomic E-state index is -4.96. The number of carbonyl (C=O) groups excluding carboxylic acids is 6. The fraction of sp³-hybridized carbons (Fsp3) is 0.380. The number of imidazole rings is 2. The Balaban J connectivity index is 0.873. The molecule has 0 spiro atoms. The van der Waals surface area contributed by atoms with E-state index in [-0.39, 0.29) is 91.9 Å². The Morgan fingerprint density at radius 1 is 0.536 bits per heavy atom. The predicted molar refractivity (Wildman–Crippen MR) is 406 cm³/mol. The molecular weight excluding hydrogens is 1490 g/mol. The Morgan fingerprint density at radius 2 is 0.955 bits per heavy atom. The van der Waals surface area contributed by atoms with Gasteiger partial charge in [0.05, 0.1) is 26.9 Å². The maximum atomic E-state index is 14.1. The number of likely N-dealkylation sites (N-methyl/N-ethyl adjacent to an activating group) is 1. The van der Waals surface area contributed by atoms with E-state index in [1.807, 2.05) is 0 Å². The van der Waals surface area contributed by atoms with Crippen molar-refractivity contribution in [3.63, 3.8) is 0 Å². The molecule has 590 valence electrons. The third-order valence-corrected chi connectivity index (χ3v) is 22.0. The number of fused-ring (bicyclic) bond motifs is 2. The smallest absolute Gasteiger partial charge is 0.323 e. The van der Waals surface area contributed by atoms with E-state index in [4.69, 9.17) is 0 Å². The van der Waals surface area contributed by atoms with Crippen molar-refractivity contribution in [2.75, 3.05) is 49.6 Å². The lowest BCUT2D eigenvalue weighted by Gasteiger charge is -2.22. The molecule has 0 radical (unpaired) electrons. The highest BCUT2D eigenvalue weighted by Crippen LogP contribution is 2.25. The van der Waals surface area contributed by atoms with E-state index in [0.29, 0.717) is 56.3 Å². The highest BCUT2D eigenvalue weighted by atomic mass is 32.2. The van der Waals surface area contributed by atoms with Gasteiger partial charge in [-0.2, -0.15) is 17.9 Å². The topological polar surface area (TPSA) is 533 Å². The fourth-order valence-electron chi connectivity index (χ4n) is 12.6. The lowest BCUT2D eigenvalue weighted by atomic mass is 10.1. The van der Waals surface area contributed by atoms with Gasteiger partial charge < -0.3 is 77.2 Å². The van der Waals surface area contributed by atoms with Gasteiger partial charge in [0.25, 0.3) is 21.9 Å². The number of aliphatic carboxylic acids is 2. The van der Waals surface area contributed by atoms with Gasteiger partial charge in [0.15, 0.2) is 11.9 Å². The number of hydrogen-bond acceptors (Lipinski definition) is 21. The number of sulfonamides is 2. The van der Waals surface area contributed by atoms with Gasteiger partial charge in [0.1, 0.15) is 41.0 Å². The summed E-state index contributed by atoms with van der Waals surface area (Å²) in [6.07, 6.45) is 8.43. The third kappa shape index (κ3) is 22.5.